The molecule has 1 fully saturated rings. The van der Waals surface area contributed by atoms with Crippen molar-refractivity contribution < 1.29 is 29.3 Å². The molecule has 0 bridgehead atoms. The lowest BCUT2D eigenvalue weighted by molar-refractivity contribution is -0.149. The van der Waals surface area contributed by atoms with Gasteiger partial charge in [0.2, 0.25) is 0 Å². The molecule has 0 unspecified atom stereocenters. The molecular weight excluding hydrogens is 300 g/mol. The Morgan fingerprint density at radius 2 is 2.00 bits per heavy atom. The fourth-order valence-electron chi connectivity index (χ4n) is 3.08. The number of hydrogen-bond acceptors (Lipinski definition) is 6. The van der Waals surface area contributed by atoms with Gasteiger partial charge in [-0.25, -0.2) is 4.79 Å². The van der Waals surface area contributed by atoms with Gasteiger partial charge in [0.05, 0.1) is 12.0 Å². The van der Waals surface area contributed by atoms with Crippen LogP contribution in [0.1, 0.15) is 26.7 Å². The Morgan fingerprint density at radius 3 is 2.61 bits per heavy atom. The molecule has 6 heteroatoms. The molecule has 0 aromatic rings. The molecule has 23 heavy (non-hydrogen) atoms. The number of aliphatic hydroxyl groups excluding tert-OH is 2. The van der Waals surface area contributed by atoms with Crippen molar-refractivity contribution in [2.75, 3.05) is 0 Å². The molecule has 126 valence electrons. The normalized spacial score (nSPS) is 37.5. The van der Waals surface area contributed by atoms with E-state index in [2.05, 4.69) is 13.2 Å². The molecule has 1 aliphatic heterocycles. The van der Waals surface area contributed by atoms with Gasteiger partial charge in [-0.1, -0.05) is 18.7 Å². The van der Waals surface area contributed by atoms with Crippen LogP contribution in [0.5, 0.6) is 0 Å². The van der Waals surface area contributed by atoms with Crippen molar-refractivity contribution in [3.63, 3.8) is 0 Å². The molecule has 0 radical (unpaired) electrons. The lowest BCUT2D eigenvalue weighted by Crippen LogP contribution is -2.37. The van der Waals surface area contributed by atoms with Crippen LogP contribution in [0.25, 0.3) is 0 Å². The molecule has 1 aliphatic carbocycles. The first kappa shape index (κ1) is 17.4. The zero-order chi connectivity index (χ0) is 17.3. The number of carbonyl (C=O) groups is 2. The number of fused-ring (bicyclic) bond motifs is 1. The summed E-state index contributed by atoms with van der Waals surface area (Å²) in [5.74, 6) is -1.59. The molecule has 0 aromatic carbocycles. The maximum Gasteiger partial charge on any atom is 0.334 e. The number of hydrogen-bond donors (Lipinski definition) is 2. The third-order valence-corrected chi connectivity index (χ3v) is 4.21. The van der Waals surface area contributed by atoms with Crippen molar-refractivity contribution in [2.45, 2.75) is 51.1 Å². The summed E-state index contributed by atoms with van der Waals surface area (Å²) < 4.78 is 10.6. The highest BCUT2D eigenvalue weighted by molar-refractivity contribution is 5.91. The van der Waals surface area contributed by atoms with Gasteiger partial charge in [-0.15, -0.1) is 0 Å². The molecule has 0 aromatic heterocycles. The van der Waals surface area contributed by atoms with Crippen LogP contribution in [0.3, 0.4) is 0 Å². The van der Waals surface area contributed by atoms with Gasteiger partial charge in [0, 0.05) is 18.9 Å². The monoisotopic (exact) mass is 322 g/mol. The fourth-order valence-corrected chi connectivity index (χ4v) is 3.08. The summed E-state index contributed by atoms with van der Waals surface area (Å²) in [4.78, 5) is 23.3. The second-order valence-corrected chi connectivity index (χ2v) is 6.16. The Balaban J connectivity index is 2.44. The molecule has 0 saturated carbocycles. The minimum atomic E-state index is -1.14. The lowest BCUT2D eigenvalue weighted by atomic mass is 9.83. The third-order valence-electron chi connectivity index (χ3n) is 4.21. The van der Waals surface area contributed by atoms with E-state index in [0.29, 0.717) is 5.57 Å². The first-order chi connectivity index (χ1) is 10.7. The smallest absolute Gasteiger partial charge is 0.334 e. The summed E-state index contributed by atoms with van der Waals surface area (Å²) in [7, 11) is 0. The lowest BCUT2D eigenvalue weighted by Gasteiger charge is -2.30. The number of esters is 2. The SMILES string of the molecule is C=C1C(=O)O[C@@H]2/C=C(\C)C[C@H](O)[C@H](O)C(=C)C[C@H](OC(C)=O)[C@@H]12. The maximum absolute atomic E-state index is 11.9. The summed E-state index contributed by atoms with van der Waals surface area (Å²) in [6, 6.07) is 0. The van der Waals surface area contributed by atoms with Crippen molar-refractivity contribution >= 4 is 11.9 Å². The Morgan fingerprint density at radius 1 is 1.35 bits per heavy atom. The fraction of sp³-hybridized carbons (Fsp3) is 0.529. The molecule has 2 aliphatic rings. The van der Waals surface area contributed by atoms with Gasteiger partial charge >= 0.3 is 11.9 Å². The van der Waals surface area contributed by atoms with Crippen LogP contribution in [0, 0.1) is 5.92 Å². The molecule has 6 nitrogen and oxygen atoms in total. The highest BCUT2D eigenvalue weighted by Gasteiger charge is 2.45. The van der Waals surface area contributed by atoms with E-state index < -0.39 is 42.3 Å². The second-order valence-electron chi connectivity index (χ2n) is 6.16. The molecule has 0 spiro atoms. The molecular formula is C17H22O6. The molecule has 5 atom stereocenters. The summed E-state index contributed by atoms with van der Waals surface area (Å²) in [6.45, 7) is 10.6. The van der Waals surface area contributed by atoms with Crippen LogP contribution < -0.4 is 0 Å². The van der Waals surface area contributed by atoms with Crippen molar-refractivity contribution in [1.82, 2.24) is 0 Å². The van der Waals surface area contributed by atoms with Gasteiger partial charge in [0.1, 0.15) is 18.3 Å². The zero-order valence-corrected chi connectivity index (χ0v) is 13.3. The molecule has 1 heterocycles. The van der Waals surface area contributed by atoms with Gasteiger partial charge in [0.25, 0.3) is 0 Å². The summed E-state index contributed by atoms with van der Waals surface area (Å²) in [5, 5.41) is 20.2. The number of rotatable bonds is 1. The van der Waals surface area contributed by atoms with E-state index in [1.807, 2.05) is 0 Å². The van der Waals surface area contributed by atoms with Gasteiger partial charge in [0.15, 0.2) is 0 Å². The van der Waals surface area contributed by atoms with Crippen LogP contribution in [0.2, 0.25) is 0 Å². The minimum absolute atomic E-state index is 0.113. The Labute approximate surface area is 135 Å². The zero-order valence-electron chi connectivity index (χ0n) is 13.3. The second kappa shape index (κ2) is 6.68. The average Bonchev–Trinajstić information content (AvgIpc) is 2.70. The topological polar surface area (TPSA) is 93.1 Å². The van der Waals surface area contributed by atoms with Crippen molar-refractivity contribution in [3.8, 4) is 0 Å². The Bertz CT molecular complexity index is 576. The van der Waals surface area contributed by atoms with Crippen molar-refractivity contribution in [1.29, 1.82) is 0 Å². The van der Waals surface area contributed by atoms with Crippen LogP contribution in [0.15, 0.2) is 36.0 Å². The van der Waals surface area contributed by atoms with Gasteiger partial charge < -0.3 is 19.7 Å². The number of ether oxygens (including phenoxy) is 2. The first-order valence-corrected chi connectivity index (χ1v) is 7.48. The molecule has 1 saturated heterocycles. The summed E-state index contributed by atoms with van der Waals surface area (Å²) in [5.41, 5.74) is 1.32. The predicted molar refractivity (Wildman–Crippen MR) is 82.2 cm³/mol. The van der Waals surface area contributed by atoms with Crippen LogP contribution >= 0.6 is 0 Å². The van der Waals surface area contributed by atoms with Crippen molar-refractivity contribution in [2.24, 2.45) is 5.92 Å². The van der Waals surface area contributed by atoms with Crippen LogP contribution in [-0.4, -0.2) is 46.6 Å². The van der Waals surface area contributed by atoms with E-state index in [1.165, 1.54) is 6.92 Å². The third kappa shape index (κ3) is 3.71. The highest BCUT2D eigenvalue weighted by atomic mass is 16.6. The van der Waals surface area contributed by atoms with E-state index in [9.17, 15) is 19.8 Å². The Kier molecular flexibility index (Phi) is 5.06. The standard InChI is InChI=1S/C17H22O6/c1-8-5-12(19)16(20)9(2)7-14(22-11(4)18)15-10(3)17(21)23-13(15)6-8/h6,12-16,19-20H,2-3,5,7H2,1,4H3/b8-6+/t12-,13+,14-,15-,16+/m0/s1. The van der Waals surface area contributed by atoms with E-state index in [1.54, 1.807) is 13.0 Å². The number of aliphatic hydroxyl groups is 2. The van der Waals surface area contributed by atoms with Crippen LogP contribution in [0.4, 0.5) is 0 Å². The maximum atomic E-state index is 11.9. The van der Waals surface area contributed by atoms with Gasteiger partial charge in [-0.3, -0.25) is 4.79 Å². The Hall–Kier alpha value is -1.92. The largest absolute Gasteiger partial charge is 0.461 e. The summed E-state index contributed by atoms with van der Waals surface area (Å²) in [6.07, 6.45) is -1.47. The molecule has 2 rings (SSSR count). The van der Waals surface area contributed by atoms with E-state index in [0.717, 1.165) is 5.57 Å². The van der Waals surface area contributed by atoms with E-state index >= 15 is 0 Å². The van der Waals surface area contributed by atoms with Crippen molar-refractivity contribution in [3.05, 3.63) is 36.0 Å². The number of carbonyl (C=O) groups excluding carboxylic acids is 2. The van der Waals surface area contributed by atoms with Crippen LogP contribution in [-0.2, 0) is 19.1 Å². The molecule has 2 N–H and O–H groups in total. The predicted octanol–water partition coefficient (Wildman–Crippen LogP) is 1.03. The average molecular weight is 322 g/mol. The quantitative estimate of drug-likeness (QED) is 0.425. The minimum Gasteiger partial charge on any atom is -0.461 e. The van der Waals surface area contributed by atoms with E-state index in [-0.39, 0.29) is 18.4 Å². The molecule has 0 amide bonds. The van der Waals surface area contributed by atoms with E-state index in [4.69, 9.17) is 9.47 Å². The van der Waals surface area contributed by atoms with Gasteiger partial charge in [-0.05, 0) is 25.0 Å². The van der Waals surface area contributed by atoms with Gasteiger partial charge in [-0.2, -0.15) is 0 Å². The first-order valence-electron chi connectivity index (χ1n) is 7.48. The highest BCUT2D eigenvalue weighted by Crippen LogP contribution is 2.36. The summed E-state index contributed by atoms with van der Waals surface area (Å²) >= 11 is 0.